The van der Waals surface area contributed by atoms with Crippen LogP contribution in [0.2, 0.25) is 0 Å². The minimum atomic E-state index is 0.352. The van der Waals surface area contributed by atoms with Crippen molar-refractivity contribution in [2.24, 2.45) is 34.0 Å². The van der Waals surface area contributed by atoms with Crippen LogP contribution in [-0.4, -0.2) is 5.33 Å². The minimum absolute atomic E-state index is 0.352. The second kappa shape index (κ2) is 6.99. The lowest BCUT2D eigenvalue weighted by Gasteiger charge is -2.53. The summed E-state index contributed by atoms with van der Waals surface area (Å²) in [5, 5.41) is 0.947. The summed E-state index contributed by atoms with van der Waals surface area (Å²) in [6, 6.07) is 0. The molecule has 0 aromatic rings. The zero-order valence-electron chi connectivity index (χ0n) is 16.4. The van der Waals surface area contributed by atoms with Crippen molar-refractivity contribution >= 4 is 15.9 Å². The van der Waals surface area contributed by atoms with Gasteiger partial charge in [0.1, 0.15) is 0 Å². The summed E-state index contributed by atoms with van der Waals surface area (Å²) in [5.41, 5.74) is 2.63. The van der Waals surface area contributed by atoms with Crippen LogP contribution >= 0.6 is 15.9 Å². The zero-order valence-corrected chi connectivity index (χ0v) is 17.9. The Bertz CT molecular complexity index is 387. The van der Waals surface area contributed by atoms with E-state index in [0.717, 1.165) is 17.2 Å². The van der Waals surface area contributed by atoms with Gasteiger partial charge < -0.3 is 0 Å². The summed E-state index contributed by atoms with van der Waals surface area (Å²) in [7, 11) is 0. The van der Waals surface area contributed by atoms with E-state index in [9.17, 15) is 0 Å². The number of hydrogen-bond donors (Lipinski definition) is 0. The van der Waals surface area contributed by atoms with E-state index in [4.69, 9.17) is 0 Å². The first kappa shape index (κ1) is 20.3. The van der Waals surface area contributed by atoms with E-state index in [1.165, 1.54) is 31.3 Å². The Kier molecular flexibility index (Phi) is 6.44. The molecule has 0 radical (unpaired) electrons. The Hall–Kier alpha value is 0.220. The molecule has 0 N–H and O–H groups in total. The summed E-state index contributed by atoms with van der Waals surface area (Å²) in [4.78, 5) is 0. The smallest absolute Gasteiger partial charge is 0.0242 e. The van der Waals surface area contributed by atoms with Crippen LogP contribution in [0, 0.1) is 34.0 Å². The maximum Gasteiger partial charge on any atom is 0.0242 e. The largest absolute Gasteiger partial charge is 0.0987 e. The first-order valence-corrected chi connectivity index (χ1v) is 10.2. The lowest BCUT2D eigenvalue weighted by Crippen LogP contribution is -2.44. The van der Waals surface area contributed by atoms with E-state index >= 15 is 0 Å². The second-order valence-corrected chi connectivity index (χ2v) is 11.1. The highest BCUT2D eigenvalue weighted by molar-refractivity contribution is 9.09. The van der Waals surface area contributed by atoms with Gasteiger partial charge in [0.05, 0.1) is 0 Å². The molecule has 0 bridgehead atoms. The van der Waals surface area contributed by atoms with E-state index in [2.05, 4.69) is 77.9 Å². The third-order valence-corrected chi connectivity index (χ3v) is 6.17. The standard InChI is InChI=1S/C21H39Br/c1-15(2)10-19(4,5)11-17-12-20(6,7)14-21(8,9)18(17)16(3)13-22/h15,17-18H,3,10-14H2,1-2,4-9H3. The van der Waals surface area contributed by atoms with Gasteiger partial charge in [0.15, 0.2) is 0 Å². The fourth-order valence-electron chi connectivity index (χ4n) is 5.94. The Morgan fingerprint density at radius 2 is 1.77 bits per heavy atom. The molecule has 0 spiro atoms. The molecule has 1 heteroatoms. The molecule has 0 aromatic carbocycles. The van der Waals surface area contributed by atoms with Gasteiger partial charge in [-0.05, 0) is 59.7 Å². The average molecular weight is 371 g/mol. The molecule has 0 aliphatic heterocycles. The van der Waals surface area contributed by atoms with Crippen LogP contribution in [0.5, 0.6) is 0 Å². The van der Waals surface area contributed by atoms with Crippen molar-refractivity contribution in [3.05, 3.63) is 12.2 Å². The van der Waals surface area contributed by atoms with Gasteiger partial charge in [-0.2, -0.15) is 0 Å². The lowest BCUT2D eigenvalue weighted by molar-refractivity contribution is -0.00408. The Morgan fingerprint density at radius 3 is 2.23 bits per heavy atom. The molecule has 1 fully saturated rings. The van der Waals surface area contributed by atoms with Gasteiger partial charge in [-0.15, -0.1) is 0 Å². The van der Waals surface area contributed by atoms with Crippen LogP contribution in [0.4, 0.5) is 0 Å². The zero-order chi connectivity index (χ0) is 17.3. The normalized spacial score (nSPS) is 27.9. The molecule has 1 aliphatic rings. The third-order valence-electron chi connectivity index (χ3n) is 5.45. The maximum atomic E-state index is 4.43. The van der Waals surface area contributed by atoms with E-state index in [1.807, 2.05) is 0 Å². The molecule has 2 unspecified atom stereocenters. The number of rotatable bonds is 6. The molecule has 22 heavy (non-hydrogen) atoms. The molecule has 1 aliphatic carbocycles. The molecule has 0 amide bonds. The van der Waals surface area contributed by atoms with E-state index in [-0.39, 0.29) is 0 Å². The summed E-state index contributed by atoms with van der Waals surface area (Å²) in [5.74, 6) is 2.18. The van der Waals surface area contributed by atoms with Crippen molar-refractivity contribution in [2.75, 3.05) is 5.33 Å². The number of halogens is 1. The molecule has 1 rings (SSSR count). The molecule has 130 valence electrons. The van der Waals surface area contributed by atoms with Crippen molar-refractivity contribution in [1.29, 1.82) is 0 Å². The van der Waals surface area contributed by atoms with Crippen LogP contribution in [0.3, 0.4) is 0 Å². The quantitative estimate of drug-likeness (QED) is 0.335. The topological polar surface area (TPSA) is 0 Å². The van der Waals surface area contributed by atoms with Gasteiger partial charge in [-0.3, -0.25) is 0 Å². The van der Waals surface area contributed by atoms with Crippen LogP contribution in [0.25, 0.3) is 0 Å². The van der Waals surface area contributed by atoms with E-state index in [1.54, 1.807) is 0 Å². The number of allylic oxidation sites excluding steroid dienone is 1. The van der Waals surface area contributed by atoms with Gasteiger partial charge in [0, 0.05) is 5.33 Å². The summed E-state index contributed by atoms with van der Waals surface area (Å²) >= 11 is 3.68. The van der Waals surface area contributed by atoms with Crippen molar-refractivity contribution in [3.8, 4) is 0 Å². The molecule has 1 saturated carbocycles. The van der Waals surface area contributed by atoms with Gasteiger partial charge in [-0.25, -0.2) is 0 Å². The molecule has 0 nitrogen and oxygen atoms in total. The molecule has 0 saturated heterocycles. The molecular formula is C21H39Br. The highest BCUT2D eigenvalue weighted by Gasteiger charge is 2.47. The molecular weight excluding hydrogens is 332 g/mol. The van der Waals surface area contributed by atoms with Gasteiger partial charge in [0.2, 0.25) is 0 Å². The monoisotopic (exact) mass is 370 g/mol. The summed E-state index contributed by atoms with van der Waals surface area (Å²) in [6.07, 6.45) is 5.29. The maximum absolute atomic E-state index is 4.43. The Balaban J connectivity index is 3.06. The summed E-state index contributed by atoms with van der Waals surface area (Å²) < 4.78 is 0. The van der Waals surface area contributed by atoms with Crippen molar-refractivity contribution in [2.45, 2.75) is 81.1 Å². The van der Waals surface area contributed by atoms with Crippen molar-refractivity contribution < 1.29 is 0 Å². The van der Waals surface area contributed by atoms with Crippen molar-refractivity contribution in [3.63, 3.8) is 0 Å². The van der Waals surface area contributed by atoms with Gasteiger partial charge in [-0.1, -0.05) is 83.5 Å². The minimum Gasteiger partial charge on any atom is -0.0987 e. The van der Waals surface area contributed by atoms with Gasteiger partial charge >= 0.3 is 0 Å². The predicted molar refractivity (Wildman–Crippen MR) is 105 cm³/mol. The van der Waals surface area contributed by atoms with E-state index in [0.29, 0.717) is 22.2 Å². The second-order valence-electron chi connectivity index (χ2n) is 10.5. The van der Waals surface area contributed by atoms with E-state index < -0.39 is 0 Å². The first-order valence-electron chi connectivity index (χ1n) is 9.03. The van der Waals surface area contributed by atoms with Crippen LogP contribution in [-0.2, 0) is 0 Å². The highest BCUT2D eigenvalue weighted by atomic mass is 79.9. The fraction of sp³-hybridized carbons (Fsp3) is 0.905. The summed E-state index contributed by atoms with van der Waals surface area (Å²) in [6.45, 7) is 23.9. The Labute approximate surface area is 148 Å². The third kappa shape index (κ3) is 5.39. The van der Waals surface area contributed by atoms with Crippen LogP contribution < -0.4 is 0 Å². The fourth-order valence-corrected chi connectivity index (χ4v) is 6.29. The molecule has 0 aromatic heterocycles. The number of alkyl halides is 1. The molecule has 0 heterocycles. The van der Waals surface area contributed by atoms with Crippen LogP contribution in [0.1, 0.15) is 81.1 Å². The lowest BCUT2D eigenvalue weighted by atomic mass is 9.52. The Morgan fingerprint density at radius 1 is 1.23 bits per heavy atom. The van der Waals surface area contributed by atoms with Crippen LogP contribution in [0.15, 0.2) is 12.2 Å². The first-order chi connectivity index (χ1) is 9.80. The highest BCUT2D eigenvalue weighted by Crippen LogP contribution is 2.57. The number of hydrogen-bond acceptors (Lipinski definition) is 0. The average Bonchev–Trinajstić information content (AvgIpc) is 2.21. The molecule has 2 atom stereocenters. The van der Waals surface area contributed by atoms with Gasteiger partial charge in [0.25, 0.3) is 0 Å². The SMILES string of the molecule is C=C(CBr)C1C(CC(C)(C)CC(C)C)CC(C)(C)CC1(C)C. The van der Waals surface area contributed by atoms with Crippen molar-refractivity contribution in [1.82, 2.24) is 0 Å². The predicted octanol–water partition coefficient (Wildman–Crippen LogP) is 7.48.